The van der Waals surface area contributed by atoms with Crippen molar-refractivity contribution in [2.45, 2.75) is 0 Å². The summed E-state index contributed by atoms with van der Waals surface area (Å²) >= 11 is 5.21. The molecule has 1 aliphatic heterocycles. The van der Waals surface area contributed by atoms with Gasteiger partial charge in [0.05, 0.1) is 22.4 Å². The van der Waals surface area contributed by atoms with E-state index in [1.54, 1.807) is 34.0 Å². The molecule has 0 unspecified atom stereocenters. The van der Waals surface area contributed by atoms with Gasteiger partial charge in [-0.1, -0.05) is 18.2 Å². The van der Waals surface area contributed by atoms with Crippen molar-refractivity contribution in [3.8, 4) is 31.3 Å². The molecule has 1 aliphatic rings. The lowest BCUT2D eigenvalue weighted by atomic mass is 10.1. The smallest absolute Gasteiger partial charge is 0.0745 e. The van der Waals surface area contributed by atoms with Crippen molar-refractivity contribution in [3.63, 3.8) is 0 Å². The van der Waals surface area contributed by atoms with Crippen molar-refractivity contribution in [3.05, 3.63) is 100 Å². The molecule has 8 rings (SSSR count). The van der Waals surface area contributed by atoms with Crippen LogP contribution in [0.25, 0.3) is 76.6 Å². The fourth-order valence-corrected chi connectivity index (χ4v) is 7.58. The first-order valence-corrected chi connectivity index (χ1v) is 14.9. The van der Waals surface area contributed by atoms with E-state index in [9.17, 15) is 0 Å². The Balaban J connectivity index is 1.59. The summed E-state index contributed by atoms with van der Waals surface area (Å²) in [5, 5.41) is 6.37. The number of aromatic amines is 3. The Morgan fingerprint density at radius 3 is 1.21 bits per heavy atom. The van der Waals surface area contributed by atoms with Crippen LogP contribution in [-0.4, -0.2) is 19.9 Å². The van der Waals surface area contributed by atoms with Crippen molar-refractivity contribution in [1.29, 1.82) is 0 Å². The molecule has 38 heavy (non-hydrogen) atoms. The second-order valence-electron chi connectivity index (χ2n) is 9.13. The number of rotatable bonds is 3. The van der Waals surface area contributed by atoms with Crippen LogP contribution in [0.1, 0.15) is 11.4 Å². The van der Waals surface area contributed by atoms with Gasteiger partial charge in [-0.25, -0.2) is 4.98 Å². The minimum atomic E-state index is 0.963. The molecule has 0 amide bonds. The molecule has 0 saturated heterocycles. The predicted molar refractivity (Wildman–Crippen MR) is 165 cm³/mol. The Kier molecular flexibility index (Phi) is 5.01. The van der Waals surface area contributed by atoms with Crippen LogP contribution < -0.4 is 0 Å². The first kappa shape index (κ1) is 21.9. The van der Waals surface area contributed by atoms with Gasteiger partial charge in [0.1, 0.15) is 0 Å². The van der Waals surface area contributed by atoms with E-state index in [2.05, 4.69) is 116 Å². The molecule has 8 bridgehead atoms. The molecule has 0 radical (unpaired) electrons. The standard InChI is InChI=1S/C31H20N4S3/c1-4-26(36-15-1)29-20-9-7-18(32-20)19-8-10-21(33-19)30(27-5-2-16-37-27)23-12-14-25(35-23)31(28-6-3-17-38-28)24-13-11-22(29)34-24/h1-17,32-34H. The highest BCUT2D eigenvalue weighted by Crippen LogP contribution is 2.38. The zero-order chi connectivity index (χ0) is 25.1. The van der Waals surface area contributed by atoms with Gasteiger partial charge in [-0.15, -0.1) is 34.0 Å². The Morgan fingerprint density at radius 1 is 0.421 bits per heavy atom. The summed E-state index contributed by atoms with van der Waals surface area (Å²) in [5.74, 6) is 0. The van der Waals surface area contributed by atoms with E-state index < -0.39 is 0 Å². The average molecular weight is 545 g/mol. The Labute approximate surface area is 230 Å². The number of aromatic nitrogens is 4. The maximum atomic E-state index is 5.23. The molecule has 0 spiro atoms. The zero-order valence-electron chi connectivity index (χ0n) is 20.0. The average Bonchev–Trinajstić information content (AvgIpc) is 3.76. The maximum Gasteiger partial charge on any atom is 0.0745 e. The molecule has 0 aliphatic carbocycles. The third-order valence-corrected chi connectivity index (χ3v) is 9.54. The second-order valence-corrected chi connectivity index (χ2v) is 12.0. The molecule has 4 nitrogen and oxygen atoms in total. The Bertz CT molecular complexity index is 2070. The molecule has 0 fully saturated rings. The molecule has 182 valence electrons. The van der Waals surface area contributed by atoms with Crippen LogP contribution in [0.15, 0.2) is 88.9 Å². The van der Waals surface area contributed by atoms with E-state index in [1.807, 2.05) is 0 Å². The normalized spacial score (nSPS) is 12.1. The highest BCUT2D eigenvalue weighted by atomic mass is 32.1. The highest BCUT2D eigenvalue weighted by Gasteiger charge is 2.17. The van der Waals surface area contributed by atoms with Gasteiger partial charge < -0.3 is 15.0 Å². The first-order valence-electron chi connectivity index (χ1n) is 12.3. The van der Waals surface area contributed by atoms with Gasteiger partial charge in [0.2, 0.25) is 0 Å². The van der Waals surface area contributed by atoms with Crippen LogP contribution in [0.2, 0.25) is 0 Å². The first-order chi connectivity index (χ1) is 18.8. The fourth-order valence-electron chi connectivity index (χ4n) is 5.19. The SMILES string of the molecule is C1=Cc2nc1c(-c1cccs1)c1ccc([nH]1)c(-c1cccs1)c1ccc([nH]1)c1ccc([nH]1)c2-c1cccs1. The van der Waals surface area contributed by atoms with Gasteiger partial charge in [0.25, 0.3) is 0 Å². The van der Waals surface area contributed by atoms with Crippen molar-refractivity contribution in [1.82, 2.24) is 19.9 Å². The second kappa shape index (κ2) is 8.70. The molecule has 0 aromatic carbocycles. The topological polar surface area (TPSA) is 60.3 Å². The van der Waals surface area contributed by atoms with E-state index in [4.69, 9.17) is 4.98 Å². The molecule has 7 heteroatoms. The van der Waals surface area contributed by atoms with E-state index >= 15 is 0 Å². The van der Waals surface area contributed by atoms with Crippen LogP contribution in [0.3, 0.4) is 0 Å². The number of hydrogen-bond acceptors (Lipinski definition) is 4. The predicted octanol–water partition coefficient (Wildman–Crippen LogP) is 9.88. The van der Waals surface area contributed by atoms with Crippen molar-refractivity contribution >= 4 is 79.3 Å². The zero-order valence-corrected chi connectivity index (χ0v) is 22.4. The summed E-state index contributed by atoms with van der Waals surface area (Å²) in [7, 11) is 0. The quantitative estimate of drug-likeness (QED) is 0.204. The third kappa shape index (κ3) is 3.51. The lowest BCUT2D eigenvalue weighted by Crippen LogP contribution is -1.85. The van der Waals surface area contributed by atoms with Crippen molar-refractivity contribution < 1.29 is 0 Å². The largest absolute Gasteiger partial charge is 0.354 e. The number of hydrogen-bond donors (Lipinski definition) is 3. The molecule has 0 atom stereocenters. The van der Waals surface area contributed by atoms with Gasteiger partial charge in [0, 0.05) is 53.4 Å². The van der Waals surface area contributed by atoms with E-state index in [0.29, 0.717) is 0 Å². The lowest BCUT2D eigenvalue weighted by molar-refractivity contribution is 1.33. The summed E-state index contributed by atoms with van der Waals surface area (Å²) in [4.78, 5) is 20.0. The minimum absolute atomic E-state index is 0.963. The number of thiophene rings is 3. The summed E-state index contributed by atoms with van der Waals surface area (Å²) in [6, 6.07) is 25.8. The third-order valence-electron chi connectivity index (χ3n) is 6.88. The lowest BCUT2D eigenvalue weighted by Gasteiger charge is -2.02. The van der Waals surface area contributed by atoms with Crippen molar-refractivity contribution in [2.75, 3.05) is 0 Å². The van der Waals surface area contributed by atoms with Crippen LogP contribution in [0.4, 0.5) is 0 Å². The van der Waals surface area contributed by atoms with Crippen LogP contribution in [-0.2, 0) is 0 Å². The molecule has 7 aromatic heterocycles. The minimum Gasteiger partial charge on any atom is -0.354 e. The van der Waals surface area contributed by atoms with Gasteiger partial charge in [-0.05, 0) is 82.9 Å². The van der Waals surface area contributed by atoms with Gasteiger partial charge in [0.15, 0.2) is 0 Å². The highest BCUT2D eigenvalue weighted by molar-refractivity contribution is 7.14. The number of H-pyrrole nitrogens is 3. The fraction of sp³-hybridized carbons (Fsp3) is 0. The monoisotopic (exact) mass is 544 g/mol. The van der Waals surface area contributed by atoms with Gasteiger partial charge >= 0.3 is 0 Å². The number of nitrogens with zero attached hydrogens (tertiary/aromatic N) is 1. The van der Waals surface area contributed by atoms with E-state index in [0.717, 1.165) is 61.2 Å². The molecular weight excluding hydrogens is 525 g/mol. The Hall–Kier alpha value is -4.17. The van der Waals surface area contributed by atoms with E-state index in [1.165, 1.54) is 14.6 Å². The summed E-state index contributed by atoms with van der Waals surface area (Å²) < 4.78 is 0. The molecular formula is C31H20N4S3. The van der Waals surface area contributed by atoms with Gasteiger partial charge in [-0.2, -0.15) is 0 Å². The van der Waals surface area contributed by atoms with Gasteiger partial charge in [-0.3, -0.25) is 0 Å². The van der Waals surface area contributed by atoms with Crippen LogP contribution >= 0.6 is 34.0 Å². The Morgan fingerprint density at radius 2 is 0.789 bits per heavy atom. The molecule has 0 saturated carbocycles. The summed E-state index contributed by atoms with van der Waals surface area (Å²) in [6.07, 6.45) is 4.29. The van der Waals surface area contributed by atoms with Crippen molar-refractivity contribution in [2.24, 2.45) is 0 Å². The maximum absolute atomic E-state index is 5.23. The van der Waals surface area contributed by atoms with E-state index in [-0.39, 0.29) is 0 Å². The molecule has 3 N–H and O–H groups in total. The van der Waals surface area contributed by atoms with Crippen LogP contribution in [0.5, 0.6) is 0 Å². The summed E-state index contributed by atoms with van der Waals surface area (Å²) in [6.45, 7) is 0. The summed E-state index contributed by atoms with van der Waals surface area (Å²) in [5.41, 5.74) is 11.7. The number of nitrogens with one attached hydrogen (secondary N) is 3. The van der Waals surface area contributed by atoms with Crippen LogP contribution in [0, 0.1) is 0 Å². The molecule has 7 aromatic rings. The molecule has 8 heterocycles. The number of fused-ring (bicyclic) bond motifs is 9.